The average Bonchev–Trinajstić information content (AvgIpc) is 2.73. The molecule has 1 amide bonds. The number of likely N-dealkylation sites (tertiary alicyclic amines) is 1. The van der Waals surface area contributed by atoms with Crippen LogP contribution in [0.4, 0.5) is 0 Å². The Morgan fingerprint density at radius 3 is 2.58 bits per heavy atom. The number of aryl methyl sites for hydroxylation is 2. The van der Waals surface area contributed by atoms with Gasteiger partial charge in [-0.3, -0.25) is 4.79 Å². The zero-order valence-electron chi connectivity index (χ0n) is 11.9. The molecule has 3 heteroatoms. The summed E-state index contributed by atoms with van der Waals surface area (Å²) in [5.74, 6) is 0.159. The third kappa shape index (κ3) is 3.50. The molecule has 1 aromatic carbocycles. The smallest absolute Gasteiger partial charge is 0.254 e. The molecule has 0 radical (unpaired) electrons. The fourth-order valence-electron chi connectivity index (χ4n) is 2.99. The maximum absolute atomic E-state index is 12.6. The standard InChI is InChI=1S/C16H22ClNO/c1-11-7-12(2)9-14(8-11)16(19)18-6-4-5-15(18)10-13(3)17/h7-9,13,15H,4-6,10H2,1-3H3. The molecule has 0 aliphatic carbocycles. The summed E-state index contributed by atoms with van der Waals surface area (Å²) in [5.41, 5.74) is 3.10. The van der Waals surface area contributed by atoms with Crippen molar-refractivity contribution in [1.29, 1.82) is 0 Å². The van der Waals surface area contributed by atoms with E-state index in [1.54, 1.807) is 0 Å². The molecule has 2 atom stereocenters. The van der Waals surface area contributed by atoms with E-state index in [0.717, 1.165) is 42.5 Å². The lowest BCUT2D eigenvalue weighted by Gasteiger charge is -2.26. The number of alkyl halides is 1. The Hall–Kier alpha value is -1.02. The lowest BCUT2D eigenvalue weighted by Crippen LogP contribution is -2.36. The number of rotatable bonds is 3. The van der Waals surface area contributed by atoms with E-state index in [-0.39, 0.29) is 11.3 Å². The van der Waals surface area contributed by atoms with Gasteiger partial charge in [-0.25, -0.2) is 0 Å². The Morgan fingerprint density at radius 2 is 2.00 bits per heavy atom. The molecule has 2 unspecified atom stereocenters. The molecule has 2 rings (SSSR count). The molecule has 19 heavy (non-hydrogen) atoms. The molecule has 1 fully saturated rings. The normalized spacial score (nSPS) is 20.6. The van der Waals surface area contributed by atoms with E-state index in [2.05, 4.69) is 6.07 Å². The minimum absolute atomic E-state index is 0.123. The van der Waals surface area contributed by atoms with E-state index in [1.165, 1.54) is 0 Å². The van der Waals surface area contributed by atoms with E-state index < -0.39 is 0 Å². The van der Waals surface area contributed by atoms with Crippen LogP contribution in [0, 0.1) is 13.8 Å². The first-order chi connectivity index (χ1) is 8.97. The van der Waals surface area contributed by atoms with Crippen LogP contribution in [0.5, 0.6) is 0 Å². The molecule has 0 spiro atoms. The van der Waals surface area contributed by atoms with Gasteiger partial charge in [-0.05, 0) is 52.2 Å². The first-order valence-corrected chi connectivity index (χ1v) is 7.44. The maximum atomic E-state index is 12.6. The summed E-state index contributed by atoms with van der Waals surface area (Å²) in [6.45, 7) is 6.93. The van der Waals surface area contributed by atoms with Crippen LogP contribution in [0.2, 0.25) is 0 Å². The van der Waals surface area contributed by atoms with Gasteiger partial charge in [0.25, 0.3) is 5.91 Å². The molecular formula is C16H22ClNO. The van der Waals surface area contributed by atoms with Gasteiger partial charge in [-0.1, -0.05) is 17.2 Å². The van der Waals surface area contributed by atoms with E-state index in [1.807, 2.05) is 37.8 Å². The van der Waals surface area contributed by atoms with Gasteiger partial charge in [0.05, 0.1) is 0 Å². The number of hydrogen-bond donors (Lipinski definition) is 0. The van der Waals surface area contributed by atoms with Crippen molar-refractivity contribution in [2.45, 2.75) is 51.5 Å². The number of carbonyl (C=O) groups is 1. The van der Waals surface area contributed by atoms with Gasteiger partial charge < -0.3 is 4.90 Å². The molecule has 1 heterocycles. The topological polar surface area (TPSA) is 20.3 Å². The second-order valence-electron chi connectivity index (χ2n) is 5.69. The maximum Gasteiger partial charge on any atom is 0.254 e. The quantitative estimate of drug-likeness (QED) is 0.768. The lowest BCUT2D eigenvalue weighted by molar-refractivity contribution is 0.0730. The van der Waals surface area contributed by atoms with E-state index in [0.29, 0.717) is 6.04 Å². The molecule has 0 N–H and O–H groups in total. The van der Waals surface area contributed by atoms with Crippen molar-refractivity contribution in [2.24, 2.45) is 0 Å². The molecule has 1 saturated heterocycles. The highest BCUT2D eigenvalue weighted by molar-refractivity contribution is 6.20. The molecule has 0 saturated carbocycles. The van der Waals surface area contributed by atoms with Crippen LogP contribution in [0.25, 0.3) is 0 Å². The van der Waals surface area contributed by atoms with Crippen molar-refractivity contribution >= 4 is 17.5 Å². The van der Waals surface area contributed by atoms with Crippen molar-refractivity contribution in [3.63, 3.8) is 0 Å². The van der Waals surface area contributed by atoms with Gasteiger partial charge >= 0.3 is 0 Å². The van der Waals surface area contributed by atoms with Gasteiger partial charge in [-0.2, -0.15) is 0 Å². The van der Waals surface area contributed by atoms with Crippen molar-refractivity contribution < 1.29 is 4.79 Å². The van der Waals surface area contributed by atoms with Crippen molar-refractivity contribution in [3.8, 4) is 0 Å². The fraction of sp³-hybridized carbons (Fsp3) is 0.562. The molecular weight excluding hydrogens is 258 g/mol. The van der Waals surface area contributed by atoms with Gasteiger partial charge in [-0.15, -0.1) is 11.6 Å². The van der Waals surface area contributed by atoms with Crippen LogP contribution in [-0.2, 0) is 0 Å². The summed E-state index contributed by atoms with van der Waals surface area (Å²) in [6, 6.07) is 6.36. The molecule has 104 valence electrons. The van der Waals surface area contributed by atoms with Crippen LogP contribution < -0.4 is 0 Å². The Kier molecular flexibility index (Phi) is 4.51. The van der Waals surface area contributed by atoms with Gasteiger partial charge in [0, 0.05) is 23.5 Å². The Labute approximate surface area is 120 Å². The number of benzene rings is 1. The molecule has 2 nitrogen and oxygen atoms in total. The minimum Gasteiger partial charge on any atom is -0.336 e. The zero-order valence-corrected chi connectivity index (χ0v) is 12.7. The number of nitrogens with zero attached hydrogens (tertiary/aromatic N) is 1. The van der Waals surface area contributed by atoms with Crippen LogP contribution in [0.3, 0.4) is 0 Å². The average molecular weight is 280 g/mol. The number of hydrogen-bond acceptors (Lipinski definition) is 1. The second-order valence-corrected chi connectivity index (χ2v) is 6.43. The molecule has 1 aliphatic rings. The Bertz CT molecular complexity index is 450. The summed E-state index contributed by atoms with van der Waals surface area (Å²) >= 11 is 6.09. The highest BCUT2D eigenvalue weighted by Crippen LogP contribution is 2.25. The van der Waals surface area contributed by atoms with E-state index in [4.69, 9.17) is 11.6 Å². The van der Waals surface area contributed by atoms with Gasteiger partial charge in [0.15, 0.2) is 0 Å². The summed E-state index contributed by atoms with van der Waals surface area (Å²) < 4.78 is 0. The predicted octanol–water partition coefficient (Wildman–Crippen LogP) is 3.93. The van der Waals surface area contributed by atoms with Crippen molar-refractivity contribution in [1.82, 2.24) is 4.90 Å². The Morgan fingerprint density at radius 1 is 1.37 bits per heavy atom. The largest absolute Gasteiger partial charge is 0.336 e. The first-order valence-electron chi connectivity index (χ1n) is 7.00. The fourth-order valence-corrected chi connectivity index (χ4v) is 3.19. The highest BCUT2D eigenvalue weighted by Gasteiger charge is 2.30. The summed E-state index contributed by atoms with van der Waals surface area (Å²) in [5, 5.41) is 0.123. The minimum atomic E-state index is 0.123. The number of carbonyl (C=O) groups excluding carboxylic acids is 1. The van der Waals surface area contributed by atoms with Crippen LogP contribution >= 0.6 is 11.6 Å². The third-order valence-electron chi connectivity index (χ3n) is 3.70. The second kappa shape index (κ2) is 5.96. The SMILES string of the molecule is Cc1cc(C)cc(C(=O)N2CCCC2CC(C)Cl)c1. The molecule has 1 aliphatic heterocycles. The Balaban J connectivity index is 2.18. The molecule has 0 aromatic heterocycles. The van der Waals surface area contributed by atoms with Crippen LogP contribution in [-0.4, -0.2) is 28.8 Å². The monoisotopic (exact) mass is 279 g/mol. The molecule has 1 aromatic rings. The van der Waals surface area contributed by atoms with Crippen LogP contribution in [0.15, 0.2) is 18.2 Å². The highest BCUT2D eigenvalue weighted by atomic mass is 35.5. The van der Waals surface area contributed by atoms with Gasteiger partial charge in [0.1, 0.15) is 0 Å². The third-order valence-corrected chi connectivity index (χ3v) is 3.88. The van der Waals surface area contributed by atoms with Crippen molar-refractivity contribution in [2.75, 3.05) is 6.54 Å². The summed E-state index contributed by atoms with van der Waals surface area (Å²) in [4.78, 5) is 14.6. The van der Waals surface area contributed by atoms with E-state index >= 15 is 0 Å². The van der Waals surface area contributed by atoms with Crippen LogP contribution in [0.1, 0.15) is 47.7 Å². The number of amides is 1. The zero-order chi connectivity index (χ0) is 14.0. The predicted molar refractivity (Wildman–Crippen MR) is 79.9 cm³/mol. The summed E-state index contributed by atoms with van der Waals surface area (Å²) in [7, 11) is 0. The summed E-state index contributed by atoms with van der Waals surface area (Å²) in [6.07, 6.45) is 3.05. The number of halogens is 1. The van der Waals surface area contributed by atoms with Gasteiger partial charge in [0.2, 0.25) is 0 Å². The molecule has 0 bridgehead atoms. The first kappa shape index (κ1) is 14.4. The van der Waals surface area contributed by atoms with Crippen molar-refractivity contribution in [3.05, 3.63) is 34.9 Å². The van der Waals surface area contributed by atoms with E-state index in [9.17, 15) is 4.79 Å². The lowest BCUT2D eigenvalue weighted by atomic mass is 10.0.